The first-order valence-corrected chi connectivity index (χ1v) is 9.13. The van der Waals surface area contributed by atoms with Crippen LogP contribution < -0.4 is 10.6 Å². The van der Waals surface area contributed by atoms with E-state index >= 15 is 0 Å². The van der Waals surface area contributed by atoms with Crippen LogP contribution in [-0.4, -0.2) is 24.6 Å². The van der Waals surface area contributed by atoms with Crippen LogP contribution in [0.1, 0.15) is 36.7 Å². The predicted molar refractivity (Wildman–Crippen MR) is 104 cm³/mol. The zero-order valence-corrected chi connectivity index (χ0v) is 15.9. The average molecular weight is 356 g/mol. The molecule has 0 aromatic heterocycles. The predicted octanol–water partition coefficient (Wildman–Crippen LogP) is 4.07. The summed E-state index contributed by atoms with van der Waals surface area (Å²) in [6, 6.07) is 15.2. The van der Waals surface area contributed by atoms with E-state index in [1.165, 1.54) is 17.3 Å². The molecule has 0 aliphatic rings. The molecule has 2 aromatic rings. The number of amides is 2. The first-order chi connectivity index (χ1) is 11.8. The molecule has 5 heteroatoms. The van der Waals surface area contributed by atoms with Crippen LogP contribution in [0.15, 0.2) is 53.4 Å². The van der Waals surface area contributed by atoms with E-state index in [-0.39, 0.29) is 17.2 Å². The molecule has 0 aliphatic carbocycles. The molecule has 0 heterocycles. The number of anilines is 1. The fraction of sp³-hybridized carbons (Fsp3) is 0.300. The number of hydrogen-bond acceptors (Lipinski definition) is 3. The van der Waals surface area contributed by atoms with Crippen LogP contribution >= 0.6 is 11.8 Å². The fourth-order valence-corrected chi connectivity index (χ4v) is 2.94. The van der Waals surface area contributed by atoms with Gasteiger partial charge in [0.2, 0.25) is 5.91 Å². The van der Waals surface area contributed by atoms with Gasteiger partial charge in [-0.2, -0.15) is 0 Å². The first kappa shape index (κ1) is 19.1. The Labute approximate surface area is 153 Å². The van der Waals surface area contributed by atoms with Crippen LogP contribution in [0.5, 0.6) is 0 Å². The third kappa shape index (κ3) is 5.64. The normalized spacial score (nSPS) is 11.0. The molecule has 25 heavy (non-hydrogen) atoms. The number of carbonyl (C=O) groups is 2. The van der Waals surface area contributed by atoms with E-state index in [0.717, 1.165) is 4.90 Å². The van der Waals surface area contributed by atoms with E-state index in [4.69, 9.17) is 0 Å². The zero-order chi connectivity index (χ0) is 18.4. The van der Waals surface area contributed by atoms with Gasteiger partial charge < -0.3 is 10.6 Å². The Hall–Kier alpha value is -2.27. The maximum Gasteiger partial charge on any atom is 0.251 e. The highest BCUT2D eigenvalue weighted by molar-refractivity contribution is 8.00. The maximum atomic E-state index is 12.1. The number of benzene rings is 2. The van der Waals surface area contributed by atoms with Gasteiger partial charge >= 0.3 is 0 Å². The minimum absolute atomic E-state index is 0.0717. The van der Waals surface area contributed by atoms with Crippen molar-refractivity contribution >= 4 is 29.3 Å². The largest absolute Gasteiger partial charge is 0.355 e. The molecule has 0 bridgehead atoms. The average Bonchev–Trinajstić information content (AvgIpc) is 2.59. The van der Waals surface area contributed by atoms with Crippen LogP contribution in [0.2, 0.25) is 0 Å². The topological polar surface area (TPSA) is 58.2 Å². The van der Waals surface area contributed by atoms with E-state index < -0.39 is 0 Å². The lowest BCUT2D eigenvalue weighted by molar-refractivity contribution is -0.113. The van der Waals surface area contributed by atoms with Crippen LogP contribution in [0.25, 0.3) is 0 Å². The number of carbonyl (C=O) groups excluding carboxylic acids is 2. The first-order valence-electron chi connectivity index (χ1n) is 8.15. The van der Waals surface area contributed by atoms with Crippen molar-refractivity contribution in [2.45, 2.75) is 31.1 Å². The molecule has 0 spiro atoms. The lowest BCUT2D eigenvalue weighted by Gasteiger charge is -2.19. The third-order valence-corrected chi connectivity index (χ3v) is 4.76. The zero-order valence-electron chi connectivity index (χ0n) is 15.1. The van der Waals surface area contributed by atoms with Gasteiger partial charge in [0, 0.05) is 23.2 Å². The molecule has 2 rings (SSSR count). The highest BCUT2D eigenvalue weighted by atomic mass is 32.2. The molecule has 0 unspecified atom stereocenters. The highest BCUT2D eigenvalue weighted by Gasteiger charge is 2.13. The summed E-state index contributed by atoms with van der Waals surface area (Å²) < 4.78 is 0. The smallest absolute Gasteiger partial charge is 0.251 e. The minimum Gasteiger partial charge on any atom is -0.355 e. The Morgan fingerprint density at radius 3 is 2.08 bits per heavy atom. The molecular formula is C20H24N2O2S. The van der Waals surface area contributed by atoms with Crippen LogP contribution in [0.4, 0.5) is 5.69 Å². The van der Waals surface area contributed by atoms with Gasteiger partial charge in [0.05, 0.1) is 5.75 Å². The van der Waals surface area contributed by atoms with Gasteiger partial charge in [0.25, 0.3) is 5.91 Å². The van der Waals surface area contributed by atoms with Crippen LogP contribution in [-0.2, 0) is 10.2 Å². The van der Waals surface area contributed by atoms with Gasteiger partial charge in [-0.1, -0.05) is 32.9 Å². The third-order valence-electron chi connectivity index (χ3n) is 3.75. The molecule has 0 atom stereocenters. The molecule has 2 aromatic carbocycles. The van der Waals surface area contributed by atoms with E-state index in [2.05, 4.69) is 55.7 Å². The molecule has 2 N–H and O–H groups in total. The Morgan fingerprint density at radius 1 is 0.960 bits per heavy atom. The number of rotatable bonds is 5. The van der Waals surface area contributed by atoms with E-state index in [1.54, 1.807) is 31.3 Å². The number of hydrogen-bond donors (Lipinski definition) is 2. The molecule has 0 aliphatic heterocycles. The summed E-state index contributed by atoms with van der Waals surface area (Å²) in [5.41, 5.74) is 2.65. The molecular weight excluding hydrogens is 332 g/mol. The van der Waals surface area contributed by atoms with Gasteiger partial charge in [0.1, 0.15) is 0 Å². The number of nitrogens with one attached hydrogen (secondary N) is 2. The monoisotopic (exact) mass is 356 g/mol. The Bertz CT molecular complexity index is 732. The fourth-order valence-electron chi connectivity index (χ4n) is 2.25. The quantitative estimate of drug-likeness (QED) is 0.794. The summed E-state index contributed by atoms with van der Waals surface area (Å²) >= 11 is 1.50. The van der Waals surface area contributed by atoms with Gasteiger partial charge in [-0.15, -0.1) is 11.8 Å². The summed E-state index contributed by atoms with van der Waals surface area (Å²) in [6.45, 7) is 6.54. The van der Waals surface area contributed by atoms with Crippen molar-refractivity contribution in [3.8, 4) is 0 Å². The van der Waals surface area contributed by atoms with Gasteiger partial charge in [-0.25, -0.2) is 0 Å². The van der Waals surface area contributed by atoms with Crippen LogP contribution in [0, 0.1) is 0 Å². The van der Waals surface area contributed by atoms with Gasteiger partial charge in [0.15, 0.2) is 0 Å². The van der Waals surface area contributed by atoms with Gasteiger partial charge in [-0.3, -0.25) is 9.59 Å². The summed E-state index contributed by atoms with van der Waals surface area (Å²) in [6.07, 6.45) is 0. The van der Waals surface area contributed by atoms with E-state index in [0.29, 0.717) is 17.0 Å². The summed E-state index contributed by atoms with van der Waals surface area (Å²) in [5, 5.41) is 5.40. The van der Waals surface area contributed by atoms with Crippen molar-refractivity contribution < 1.29 is 9.59 Å². The molecule has 0 saturated carbocycles. The molecule has 132 valence electrons. The Kier molecular flexibility index (Phi) is 6.26. The second-order valence-electron chi connectivity index (χ2n) is 6.77. The molecule has 0 saturated heterocycles. The molecule has 4 nitrogen and oxygen atoms in total. The second-order valence-corrected chi connectivity index (χ2v) is 7.82. The standard InChI is InChI=1S/C20H24N2O2S/c1-20(2,3)15-7-11-17(12-8-15)25-13-18(23)22-16-9-5-14(6-10-16)19(24)21-4/h5-12H,13H2,1-4H3,(H,21,24)(H,22,23). The van der Waals surface area contributed by atoms with Crippen molar-refractivity contribution in [2.75, 3.05) is 18.1 Å². The molecule has 2 amide bonds. The lowest BCUT2D eigenvalue weighted by atomic mass is 9.87. The Balaban J connectivity index is 1.87. The summed E-state index contributed by atoms with van der Waals surface area (Å²) in [4.78, 5) is 24.6. The van der Waals surface area contributed by atoms with Crippen molar-refractivity contribution in [3.05, 3.63) is 59.7 Å². The minimum atomic E-state index is -0.146. The second kappa shape index (κ2) is 8.21. The van der Waals surface area contributed by atoms with Crippen molar-refractivity contribution in [1.29, 1.82) is 0 Å². The van der Waals surface area contributed by atoms with Crippen molar-refractivity contribution in [2.24, 2.45) is 0 Å². The van der Waals surface area contributed by atoms with Crippen LogP contribution in [0.3, 0.4) is 0 Å². The van der Waals surface area contributed by atoms with Crippen molar-refractivity contribution in [1.82, 2.24) is 5.32 Å². The lowest BCUT2D eigenvalue weighted by Crippen LogP contribution is -2.18. The van der Waals surface area contributed by atoms with Crippen molar-refractivity contribution in [3.63, 3.8) is 0 Å². The summed E-state index contributed by atoms with van der Waals surface area (Å²) in [7, 11) is 1.59. The van der Waals surface area contributed by atoms with Gasteiger partial charge in [-0.05, 0) is 47.4 Å². The molecule has 0 fully saturated rings. The SMILES string of the molecule is CNC(=O)c1ccc(NC(=O)CSc2ccc(C(C)(C)C)cc2)cc1. The highest BCUT2D eigenvalue weighted by Crippen LogP contribution is 2.25. The molecule has 0 radical (unpaired) electrons. The van der Waals surface area contributed by atoms with E-state index in [9.17, 15) is 9.59 Å². The van der Waals surface area contributed by atoms with E-state index in [1.807, 2.05) is 0 Å². The summed E-state index contributed by atoms with van der Waals surface area (Å²) in [5.74, 6) is 0.122. The Morgan fingerprint density at radius 2 is 1.56 bits per heavy atom. The number of thioether (sulfide) groups is 1. The maximum absolute atomic E-state index is 12.1.